The van der Waals surface area contributed by atoms with Crippen LogP contribution in [0.5, 0.6) is 0 Å². The van der Waals surface area contributed by atoms with E-state index in [1.807, 2.05) is 42.5 Å². The van der Waals surface area contributed by atoms with Crippen LogP contribution in [0.2, 0.25) is 0 Å². The van der Waals surface area contributed by atoms with Crippen molar-refractivity contribution in [2.45, 2.75) is 6.54 Å². The SMILES string of the molecule is O=C(NCc1ccccn1)c1cnn(-c2ccc(Br)cc2)c1. The van der Waals surface area contributed by atoms with Crippen LogP contribution < -0.4 is 5.32 Å². The molecule has 110 valence electrons. The standard InChI is InChI=1S/C16H13BrN4O/c17-13-4-6-15(7-5-13)21-11-12(9-20-21)16(22)19-10-14-3-1-2-8-18-14/h1-9,11H,10H2,(H,19,22). The molecule has 3 rings (SSSR count). The summed E-state index contributed by atoms with van der Waals surface area (Å²) in [6.07, 6.45) is 4.96. The van der Waals surface area contributed by atoms with Gasteiger partial charge in [0.25, 0.3) is 5.91 Å². The number of nitrogens with zero attached hydrogens (tertiary/aromatic N) is 3. The van der Waals surface area contributed by atoms with Crippen molar-refractivity contribution in [1.82, 2.24) is 20.1 Å². The first-order valence-electron chi connectivity index (χ1n) is 6.71. The van der Waals surface area contributed by atoms with Crippen LogP contribution in [0.15, 0.2) is 65.5 Å². The molecule has 22 heavy (non-hydrogen) atoms. The van der Waals surface area contributed by atoms with E-state index in [4.69, 9.17) is 0 Å². The second-order valence-electron chi connectivity index (χ2n) is 4.65. The molecule has 0 bridgehead atoms. The lowest BCUT2D eigenvalue weighted by atomic mass is 10.3. The molecule has 3 aromatic rings. The number of carbonyl (C=O) groups is 1. The predicted molar refractivity (Wildman–Crippen MR) is 86.7 cm³/mol. The third kappa shape index (κ3) is 3.40. The number of rotatable bonds is 4. The van der Waals surface area contributed by atoms with E-state index in [-0.39, 0.29) is 5.91 Å². The normalized spacial score (nSPS) is 10.4. The molecule has 1 aromatic carbocycles. The Balaban J connectivity index is 1.68. The van der Waals surface area contributed by atoms with Crippen LogP contribution in [0.3, 0.4) is 0 Å². The minimum atomic E-state index is -0.172. The van der Waals surface area contributed by atoms with E-state index >= 15 is 0 Å². The molecule has 2 heterocycles. The van der Waals surface area contributed by atoms with Crippen LogP contribution in [0.1, 0.15) is 16.1 Å². The Morgan fingerprint density at radius 3 is 2.73 bits per heavy atom. The lowest BCUT2D eigenvalue weighted by Crippen LogP contribution is -2.22. The van der Waals surface area contributed by atoms with Crippen molar-refractivity contribution in [2.75, 3.05) is 0 Å². The molecule has 1 amide bonds. The fourth-order valence-corrected chi connectivity index (χ4v) is 2.22. The Hall–Kier alpha value is -2.47. The second-order valence-corrected chi connectivity index (χ2v) is 5.57. The predicted octanol–water partition coefficient (Wildman–Crippen LogP) is 2.96. The largest absolute Gasteiger partial charge is 0.346 e. The van der Waals surface area contributed by atoms with Crippen LogP contribution in [0.25, 0.3) is 5.69 Å². The van der Waals surface area contributed by atoms with E-state index < -0.39 is 0 Å². The average molecular weight is 357 g/mol. The Morgan fingerprint density at radius 2 is 2.00 bits per heavy atom. The molecule has 0 saturated heterocycles. The number of benzene rings is 1. The summed E-state index contributed by atoms with van der Waals surface area (Å²) >= 11 is 3.39. The van der Waals surface area contributed by atoms with Crippen molar-refractivity contribution in [3.63, 3.8) is 0 Å². The molecule has 1 N–H and O–H groups in total. The molecule has 6 heteroatoms. The molecule has 2 aromatic heterocycles. The molecular formula is C16H13BrN4O. The number of aromatic nitrogens is 3. The van der Waals surface area contributed by atoms with Gasteiger partial charge in [0.15, 0.2) is 0 Å². The molecule has 5 nitrogen and oxygen atoms in total. The molecule has 0 radical (unpaired) electrons. The molecule has 0 unspecified atom stereocenters. The zero-order chi connectivity index (χ0) is 15.4. The van der Waals surface area contributed by atoms with Gasteiger partial charge >= 0.3 is 0 Å². The van der Waals surface area contributed by atoms with Crippen LogP contribution in [0, 0.1) is 0 Å². The number of pyridine rings is 1. The van der Waals surface area contributed by atoms with E-state index in [1.165, 1.54) is 0 Å². The van der Waals surface area contributed by atoms with Gasteiger partial charge in [-0.25, -0.2) is 4.68 Å². The van der Waals surface area contributed by atoms with Crippen molar-refractivity contribution >= 4 is 21.8 Å². The average Bonchev–Trinajstić information content (AvgIpc) is 3.04. The number of carbonyl (C=O) groups excluding carboxylic acids is 1. The molecule has 0 aliphatic heterocycles. The van der Waals surface area contributed by atoms with Gasteiger partial charge in [-0.2, -0.15) is 5.10 Å². The lowest BCUT2D eigenvalue weighted by Gasteiger charge is -2.03. The fourth-order valence-electron chi connectivity index (χ4n) is 1.95. The van der Waals surface area contributed by atoms with Gasteiger partial charge in [0.1, 0.15) is 0 Å². The van der Waals surface area contributed by atoms with Gasteiger partial charge in [0.2, 0.25) is 0 Å². The highest BCUT2D eigenvalue weighted by Gasteiger charge is 2.09. The number of halogens is 1. The van der Waals surface area contributed by atoms with Gasteiger partial charge in [0, 0.05) is 16.9 Å². The summed E-state index contributed by atoms with van der Waals surface area (Å²) in [7, 11) is 0. The van der Waals surface area contributed by atoms with Crippen molar-refractivity contribution in [3.05, 3.63) is 76.8 Å². The topological polar surface area (TPSA) is 59.8 Å². The lowest BCUT2D eigenvalue weighted by molar-refractivity contribution is 0.0950. The Kier molecular flexibility index (Phi) is 4.29. The highest BCUT2D eigenvalue weighted by molar-refractivity contribution is 9.10. The summed E-state index contributed by atoms with van der Waals surface area (Å²) in [5.74, 6) is -0.172. The molecule has 0 fully saturated rings. The summed E-state index contributed by atoms with van der Waals surface area (Å²) in [6, 6.07) is 13.3. The minimum Gasteiger partial charge on any atom is -0.346 e. The molecular weight excluding hydrogens is 344 g/mol. The monoisotopic (exact) mass is 356 g/mol. The van der Waals surface area contributed by atoms with E-state index in [0.717, 1.165) is 15.9 Å². The Labute approximate surface area is 136 Å². The third-order valence-corrected chi connectivity index (χ3v) is 3.62. The van der Waals surface area contributed by atoms with E-state index in [0.29, 0.717) is 12.1 Å². The van der Waals surface area contributed by atoms with Crippen LogP contribution in [-0.4, -0.2) is 20.7 Å². The molecule has 0 spiro atoms. The fraction of sp³-hybridized carbons (Fsp3) is 0.0625. The molecule has 0 atom stereocenters. The van der Waals surface area contributed by atoms with Crippen LogP contribution in [-0.2, 0) is 6.54 Å². The second kappa shape index (κ2) is 6.53. The molecule has 0 aliphatic carbocycles. The van der Waals surface area contributed by atoms with Crippen molar-refractivity contribution in [3.8, 4) is 5.69 Å². The van der Waals surface area contributed by atoms with Crippen molar-refractivity contribution < 1.29 is 4.79 Å². The van der Waals surface area contributed by atoms with Gasteiger partial charge < -0.3 is 5.32 Å². The maximum atomic E-state index is 12.1. The summed E-state index contributed by atoms with van der Waals surface area (Å²) in [4.78, 5) is 16.3. The Morgan fingerprint density at radius 1 is 1.18 bits per heavy atom. The van der Waals surface area contributed by atoms with Gasteiger partial charge in [0.05, 0.1) is 29.7 Å². The van der Waals surface area contributed by atoms with Crippen molar-refractivity contribution in [2.24, 2.45) is 0 Å². The summed E-state index contributed by atoms with van der Waals surface area (Å²) < 4.78 is 2.67. The minimum absolute atomic E-state index is 0.172. The van der Waals surface area contributed by atoms with E-state index in [1.54, 1.807) is 23.3 Å². The van der Waals surface area contributed by atoms with E-state index in [9.17, 15) is 4.79 Å². The maximum Gasteiger partial charge on any atom is 0.254 e. The first kappa shape index (κ1) is 14.5. The first-order valence-corrected chi connectivity index (χ1v) is 7.50. The number of hydrogen-bond donors (Lipinski definition) is 1. The molecule has 0 aliphatic rings. The first-order chi connectivity index (χ1) is 10.7. The number of amides is 1. The zero-order valence-electron chi connectivity index (χ0n) is 11.6. The highest BCUT2D eigenvalue weighted by atomic mass is 79.9. The van der Waals surface area contributed by atoms with Gasteiger partial charge in [-0.3, -0.25) is 9.78 Å². The van der Waals surface area contributed by atoms with Crippen LogP contribution in [0.4, 0.5) is 0 Å². The quantitative estimate of drug-likeness (QED) is 0.781. The summed E-state index contributed by atoms with van der Waals surface area (Å²) in [5, 5.41) is 7.04. The third-order valence-electron chi connectivity index (χ3n) is 3.09. The zero-order valence-corrected chi connectivity index (χ0v) is 13.2. The van der Waals surface area contributed by atoms with Gasteiger partial charge in [-0.15, -0.1) is 0 Å². The summed E-state index contributed by atoms with van der Waals surface area (Å²) in [6.45, 7) is 0.392. The number of hydrogen-bond acceptors (Lipinski definition) is 3. The van der Waals surface area contributed by atoms with Crippen molar-refractivity contribution in [1.29, 1.82) is 0 Å². The highest BCUT2D eigenvalue weighted by Crippen LogP contribution is 2.14. The van der Waals surface area contributed by atoms with E-state index in [2.05, 4.69) is 31.3 Å². The number of nitrogens with one attached hydrogen (secondary N) is 1. The molecule has 0 saturated carbocycles. The van der Waals surface area contributed by atoms with Crippen LogP contribution >= 0.6 is 15.9 Å². The smallest absolute Gasteiger partial charge is 0.254 e. The van der Waals surface area contributed by atoms with Gasteiger partial charge in [-0.05, 0) is 36.4 Å². The maximum absolute atomic E-state index is 12.1. The van der Waals surface area contributed by atoms with Gasteiger partial charge in [-0.1, -0.05) is 22.0 Å². The Bertz CT molecular complexity index is 768. The summed E-state index contributed by atoms with van der Waals surface area (Å²) in [5.41, 5.74) is 2.22.